The SMILES string of the molecule is COCc1noc(CN2CCC(C3CCN(Cc4cc(C)no4)CC3)CC2)n1. The quantitative estimate of drug-likeness (QED) is 0.715. The molecule has 0 amide bonds. The average Bonchev–Trinajstić information content (AvgIpc) is 3.32. The molecule has 2 aromatic rings. The van der Waals surface area contributed by atoms with Gasteiger partial charge in [-0.25, -0.2) is 0 Å². The molecule has 2 fully saturated rings. The summed E-state index contributed by atoms with van der Waals surface area (Å²) in [6.45, 7) is 8.57. The molecular weight excluding hydrogens is 358 g/mol. The van der Waals surface area contributed by atoms with Crippen molar-refractivity contribution in [1.29, 1.82) is 0 Å². The van der Waals surface area contributed by atoms with Crippen LogP contribution in [0.2, 0.25) is 0 Å². The molecule has 0 atom stereocenters. The number of rotatable bonds is 7. The van der Waals surface area contributed by atoms with E-state index in [1.807, 2.05) is 13.0 Å². The van der Waals surface area contributed by atoms with E-state index in [0.717, 1.165) is 62.6 Å². The van der Waals surface area contributed by atoms with Gasteiger partial charge >= 0.3 is 0 Å². The summed E-state index contributed by atoms with van der Waals surface area (Å²) in [5.74, 6) is 4.00. The Balaban J connectivity index is 1.18. The smallest absolute Gasteiger partial charge is 0.240 e. The topological polar surface area (TPSA) is 80.7 Å². The lowest BCUT2D eigenvalue weighted by atomic mass is 9.79. The third-order valence-electron chi connectivity index (χ3n) is 6.13. The van der Waals surface area contributed by atoms with Gasteiger partial charge in [-0.1, -0.05) is 10.3 Å². The van der Waals surface area contributed by atoms with Crippen molar-refractivity contribution in [1.82, 2.24) is 25.1 Å². The van der Waals surface area contributed by atoms with Crippen LogP contribution in [0.15, 0.2) is 15.1 Å². The second-order valence-corrected chi connectivity index (χ2v) is 8.20. The summed E-state index contributed by atoms with van der Waals surface area (Å²) in [6, 6.07) is 2.05. The minimum Gasteiger partial charge on any atom is -0.377 e. The first kappa shape index (κ1) is 19.5. The van der Waals surface area contributed by atoms with Gasteiger partial charge in [0.25, 0.3) is 0 Å². The number of piperidine rings is 2. The molecule has 4 rings (SSSR count). The van der Waals surface area contributed by atoms with Crippen LogP contribution in [0.1, 0.15) is 48.9 Å². The molecule has 2 aliphatic heterocycles. The van der Waals surface area contributed by atoms with Gasteiger partial charge in [-0.05, 0) is 70.6 Å². The van der Waals surface area contributed by atoms with E-state index in [2.05, 4.69) is 25.1 Å². The van der Waals surface area contributed by atoms with Crippen LogP contribution in [-0.4, -0.2) is 58.4 Å². The van der Waals surface area contributed by atoms with E-state index in [1.54, 1.807) is 7.11 Å². The normalized spacial score (nSPS) is 20.8. The molecule has 0 aromatic carbocycles. The van der Waals surface area contributed by atoms with Crippen LogP contribution in [0.4, 0.5) is 0 Å². The highest BCUT2D eigenvalue weighted by atomic mass is 16.5. The lowest BCUT2D eigenvalue weighted by molar-refractivity contribution is 0.0832. The highest BCUT2D eigenvalue weighted by Crippen LogP contribution is 2.33. The zero-order chi connectivity index (χ0) is 19.3. The maximum Gasteiger partial charge on any atom is 0.240 e. The minimum absolute atomic E-state index is 0.403. The number of nitrogens with zero attached hydrogens (tertiary/aromatic N) is 5. The fourth-order valence-electron chi connectivity index (χ4n) is 4.61. The van der Waals surface area contributed by atoms with Gasteiger partial charge in [0.15, 0.2) is 11.6 Å². The average molecular weight is 390 g/mol. The Labute approximate surface area is 166 Å². The molecule has 0 aliphatic carbocycles. The predicted molar refractivity (Wildman–Crippen MR) is 102 cm³/mol. The van der Waals surface area contributed by atoms with Gasteiger partial charge in [0, 0.05) is 13.2 Å². The van der Waals surface area contributed by atoms with Crippen LogP contribution in [0, 0.1) is 18.8 Å². The molecule has 0 spiro atoms. The monoisotopic (exact) mass is 389 g/mol. The molecule has 0 bridgehead atoms. The number of hydrogen-bond acceptors (Lipinski definition) is 8. The third-order valence-corrected chi connectivity index (χ3v) is 6.13. The first-order valence-electron chi connectivity index (χ1n) is 10.4. The van der Waals surface area contributed by atoms with Crippen LogP contribution in [0.5, 0.6) is 0 Å². The van der Waals surface area contributed by atoms with Crippen LogP contribution in [0.3, 0.4) is 0 Å². The first-order valence-corrected chi connectivity index (χ1v) is 10.4. The molecular formula is C20H31N5O3. The van der Waals surface area contributed by atoms with Crippen molar-refractivity contribution < 1.29 is 13.8 Å². The minimum atomic E-state index is 0.403. The van der Waals surface area contributed by atoms with Crippen LogP contribution in [-0.2, 0) is 24.4 Å². The van der Waals surface area contributed by atoms with Crippen LogP contribution >= 0.6 is 0 Å². The van der Waals surface area contributed by atoms with Gasteiger partial charge in [0.05, 0.1) is 18.8 Å². The van der Waals surface area contributed by atoms with Crippen molar-refractivity contribution in [2.45, 2.75) is 52.3 Å². The summed E-state index contributed by atoms with van der Waals surface area (Å²) in [6.07, 6.45) is 5.12. The van der Waals surface area contributed by atoms with Gasteiger partial charge in [0.2, 0.25) is 5.89 Å². The Hall–Kier alpha value is -1.77. The van der Waals surface area contributed by atoms with Crippen molar-refractivity contribution in [2.24, 2.45) is 11.8 Å². The van der Waals surface area contributed by atoms with Crippen molar-refractivity contribution in [3.8, 4) is 0 Å². The predicted octanol–water partition coefficient (Wildman–Crippen LogP) is 2.64. The Morgan fingerprint density at radius 3 is 2.18 bits per heavy atom. The number of methoxy groups -OCH3 is 1. The fourth-order valence-corrected chi connectivity index (χ4v) is 4.61. The maximum atomic E-state index is 5.36. The summed E-state index contributed by atoms with van der Waals surface area (Å²) < 4.78 is 15.7. The third kappa shape index (κ3) is 4.98. The summed E-state index contributed by atoms with van der Waals surface area (Å²) in [5.41, 5.74) is 0.965. The zero-order valence-electron chi connectivity index (χ0n) is 17.0. The Kier molecular flexibility index (Phi) is 6.39. The van der Waals surface area contributed by atoms with Crippen molar-refractivity contribution in [3.63, 3.8) is 0 Å². The van der Waals surface area contributed by atoms with E-state index in [4.69, 9.17) is 13.8 Å². The Morgan fingerprint density at radius 1 is 0.964 bits per heavy atom. The lowest BCUT2D eigenvalue weighted by Gasteiger charge is -2.39. The van der Waals surface area contributed by atoms with Crippen LogP contribution in [0.25, 0.3) is 0 Å². The Bertz CT molecular complexity index is 730. The molecule has 2 aromatic heterocycles. The summed E-state index contributed by atoms with van der Waals surface area (Å²) in [5, 5.41) is 7.94. The molecule has 2 aliphatic rings. The van der Waals surface area contributed by atoms with Gasteiger partial charge in [-0.15, -0.1) is 0 Å². The van der Waals surface area contributed by atoms with E-state index >= 15 is 0 Å². The largest absolute Gasteiger partial charge is 0.377 e. The highest BCUT2D eigenvalue weighted by Gasteiger charge is 2.30. The van der Waals surface area contributed by atoms with E-state index in [0.29, 0.717) is 18.3 Å². The van der Waals surface area contributed by atoms with Gasteiger partial charge in [-0.2, -0.15) is 4.98 Å². The van der Waals surface area contributed by atoms with Gasteiger partial charge in [0.1, 0.15) is 6.61 Å². The van der Waals surface area contributed by atoms with E-state index in [1.165, 1.54) is 25.7 Å². The summed E-state index contributed by atoms with van der Waals surface area (Å²) in [7, 11) is 1.64. The number of hydrogen-bond donors (Lipinski definition) is 0. The van der Waals surface area contributed by atoms with Crippen molar-refractivity contribution in [3.05, 3.63) is 29.2 Å². The van der Waals surface area contributed by atoms with E-state index in [-0.39, 0.29) is 0 Å². The molecule has 2 saturated heterocycles. The molecule has 0 saturated carbocycles. The number of ether oxygens (including phenoxy) is 1. The first-order chi connectivity index (χ1) is 13.7. The number of aryl methyl sites for hydroxylation is 1. The van der Waals surface area contributed by atoms with Crippen LogP contribution < -0.4 is 0 Å². The fraction of sp³-hybridized carbons (Fsp3) is 0.750. The highest BCUT2D eigenvalue weighted by molar-refractivity contribution is 5.03. The zero-order valence-corrected chi connectivity index (χ0v) is 17.0. The molecule has 8 nitrogen and oxygen atoms in total. The molecule has 8 heteroatoms. The van der Waals surface area contributed by atoms with E-state index in [9.17, 15) is 0 Å². The standard InChI is InChI=1S/C20H31N5O3/c1-15-11-18(27-22-15)12-24-7-3-16(4-8-24)17-5-9-25(10-6-17)13-20-21-19(14-26-2)23-28-20/h11,16-17H,3-10,12-14H2,1-2H3. The molecule has 4 heterocycles. The molecule has 28 heavy (non-hydrogen) atoms. The second-order valence-electron chi connectivity index (χ2n) is 8.20. The summed E-state index contributed by atoms with van der Waals surface area (Å²) in [4.78, 5) is 9.32. The molecule has 0 unspecified atom stereocenters. The lowest BCUT2D eigenvalue weighted by Crippen LogP contribution is -2.40. The van der Waals surface area contributed by atoms with E-state index < -0.39 is 0 Å². The van der Waals surface area contributed by atoms with Gasteiger partial charge in [-0.3, -0.25) is 9.80 Å². The summed E-state index contributed by atoms with van der Waals surface area (Å²) >= 11 is 0. The Morgan fingerprint density at radius 2 is 1.61 bits per heavy atom. The second kappa shape index (κ2) is 9.15. The molecule has 0 N–H and O–H groups in total. The number of aromatic nitrogens is 3. The maximum absolute atomic E-state index is 5.36. The molecule has 0 radical (unpaired) electrons. The van der Waals surface area contributed by atoms with Crippen molar-refractivity contribution in [2.75, 3.05) is 33.3 Å². The molecule has 154 valence electrons. The van der Waals surface area contributed by atoms with Crippen molar-refractivity contribution >= 4 is 0 Å². The van der Waals surface area contributed by atoms with Gasteiger partial charge < -0.3 is 13.8 Å². The number of likely N-dealkylation sites (tertiary alicyclic amines) is 2.